The van der Waals surface area contributed by atoms with Crippen LogP contribution in [-0.4, -0.2) is 74.4 Å². The Hall–Kier alpha value is -4.48. The summed E-state index contributed by atoms with van der Waals surface area (Å²) in [5, 5.41) is 47.6. The third-order valence-electron chi connectivity index (χ3n) is 8.41. The number of likely N-dealkylation sites (N-methyl/N-ethyl adjacent to an activating group) is 1. The van der Waals surface area contributed by atoms with Crippen molar-refractivity contribution in [2.24, 2.45) is 17.6 Å². The number of hydrogen-bond donors (Lipinski definition) is 6. The Morgan fingerprint density at radius 2 is 1.73 bits per heavy atom. The monoisotopic (exact) mass is 561 g/mol. The number of phenols is 1. The third kappa shape index (κ3) is 4.20. The van der Waals surface area contributed by atoms with E-state index in [-0.39, 0.29) is 35.6 Å². The number of aliphatic hydroxyl groups excluding tert-OH is 2. The molecule has 0 spiro atoms. The number of primary amides is 1. The van der Waals surface area contributed by atoms with E-state index in [1.165, 1.54) is 17.9 Å². The minimum Gasteiger partial charge on any atom is -0.508 e. The zero-order valence-electron chi connectivity index (χ0n) is 22.8. The van der Waals surface area contributed by atoms with Crippen molar-refractivity contribution in [3.8, 4) is 16.9 Å². The number of phenolic OH excluding ortho intramolecular Hbond substituents is 1. The number of aromatic hydroxyl groups is 1. The molecule has 4 atom stereocenters. The van der Waals surface area contributed by atoms with E-state index >= 15 is 0 Å². The summed E-state index contributed by atoms with van der Waals surface area (Å²) >= 11 is 0. The maximum absolute atomic E-state index is 13.9. The fourth-order valence-corrected chi connectivity index (χ4v) is 6.54. The van der Waals surface area contributed by atoms with Gasteiger partial charge in [0.1, 0.15) is 22.8 Å². The fraction of sp³-hybridized carbons (Fsp3) is 0.333. The lowest BCUT2D eigenvalue weighted by Crippen LogP contribution is -2.65. The first-order valence-corrected chi connectivity index (χ1v) is 13.1. The van der Waals surface area contributed by atoms with Gasteiger partial charge >= 0.3 is 0 Å². The van der Waals surface area contributed by atoms with Gasteiger partial charge in [0.15, 0.2) is 11.4 Å². The van der Waals surface area contributed by atoms with E-state index < -0.39 is 58.0 Å². The molecule has 5 rings (SSSR count). The third-order valence-corrected chi connectivity index (χ3v) is 8.41. The van der Waals surface area contributed by atoms with Crippen molar-refractivity contribution in [2.75, 3.05) is 14.1 Å². The average Bonchev–Trinajstić information content (AvgIpc) is 2.89. The van der Waals surface area contributed by atoms with Crippen LogP contribution >= 0.6 is 0 Å². The van der Waals surface area contributed by atoms with Crippen molar-refractivity contribution in [1.82, 2.24) is 10.2 Å². The summed E-state index contributed by atoms with van der Waals surface area (Å²) in [5.74, 6) is -7.03. The number of nitrogens with two attached hydrogens (primary N) is 1. The van der Waals surface area contributed by atoms with Crippen molar-refractivity contribution >= 4 is 29.1 Å². The molecule has 1 saturated carbocycles. The van der Waals surface area contributed by atoms with Gasteiger partial charge in [-0.1, -0.05) is 30.3 Å². The van der Waals surface area contributed by atoms with Crippen LogP contribution < -0.4 is 11.1 Å². The summed E-state index contributed by atoms with van der Waals surface area (Å²) in [4.78, 5) is 52.0. The van der Waals surface area contributed by atoms with E-state index in [4.69, 9.17) is 5.73 Å². The number of ketones is 2. The zero-order chi connectivity index (χ0) is 30.0. The van der Waals surface area contributed by atoms with Crippen molar-refractivity contribution < 1.29 is 39.6 Å². The van der Waals surface area contributed by atoms with Gasteiger partial charge in [0.2, 0.25) is 11.7 Å². The van der Waals surface area contributed by atoms with Crippen LogP contribution in [0, 0.1) is 11.8 Å². The average molecular weight is 562 g/mol. The number of Topliss-reactive ketones (excluding diaryl/α,β-unsaturated/α-hetero) is 2. The SMILES string of the molecule is CC(=O)NCc1ccc(-c2ccc(O)c3c2C[C@H]2C[C@H]4[C@H](N(C)C)C(=O)C(C(N)=O)=C(O)[C@@]4(O)C(=O)C2=C3O)cc1. The van der Waals surface area contributed by atoms with Crippen LogP contribution in [0.4, 0.5) is 0 Å². The normalized spacial score (nSPS) is 25.5. The molecule has 7 N–H and O–H groups in total. The lowest BCUT2D eigenvalue weighted by atomic mass is 9.57. The van der Waals surface area contributed by atoms with Crippen LogP contribution in [-0.2, 0) is 32.1 Å². The summed E-state index contributed by atoms with van der Waals surface area (Å²) in [7, 11) is 3.11. The Bertz CT molecular complexity index is 1570. The fourth-order valence-electron chi connectivity index (χ4n) is 6.54. The summed E-state index contributed by atoms with van der Waals surface area (Å²) in [6.07, 6.45) is 0.197. The summed E-state index contributed by atoms with van der Waals surface area (Å²) in [6, 6.07) is 9.34. The first-order chi connectivity index (χ1) is 19.3. The van der Waals surface area contributed by atoms with Gasteiger partial charge in [-0.05, 0) is 61.2 Å². The molecular weight excluding hydrogens is 530 g/mol. The Balaban J connectivity index is 1.64. The zero-order valence-corrected chi connectivity index (χ0v) is 22.8. The molecule has 214 valence electrons. The number of amides is 2. The van der Waals surface area contributed by atoms with E-state index in [1.807, 2.05) is 24.3 Å². The molecule has 0 heterocycles. The number of fused-ring (bicyclic) bond motifs is 3. The molecule has 0 bridgehead atoms. The second-order valence-electron chi connectivity index (χ2n) is 11.1. The minimum absolute atomic E-state index is 0.0104. The van der Waals surface area contributed by atoms with Gasteiger partial charge < -0.3 is 31.5 Å². The van der Waals surface area contributed by atoms with Crippen LogP contribution in [0.3, 0.4) is 0 Å². The smallest absolute Gasteiger partial charge is 0.255 e. The van der Waals surface area contributed by atoms with Crippen LogP contribution in [0.5, 0.6) is 5.75 Å². The van der Waals surface area contributed by atoms with Gasteiger partial charge in [-0.2, -0.15) is 0 Å². The molecule has 0 aliphatic heterocycles. The number of carbonyl (C=O) groups is 4. The molecule has 11 heteroatoms. The maximum atomic E-state index is 13.9. The predicted octanol–water partition coefficient (Wildman–Crippen LogP) is 1.27. The second-order valence-corrected chi connectivity index (χ2v) is 11.1. The molecule has 2 amide bonds. The lowest BCUT2D eigenvalue weighted by Gasteiger charge is -2.50. The molecule has 3 aliphatic rings. The summed E-state index contributed by atoms with van der Waals surface area (Å²) in [6.45, 7) is 1.79. The van der Waals surface area contributed by atoms with Crippen molar-refractivity contribution in [3.63, 3.8) is 0 Å². The van der Waals surface area contributed by atoms with Gasteiger partial charge in [-0.3, -0.25) is 24.1 Å². The molecule has 41 heavy (non-hydrogen) atoms. The molecule has 0 saturated heterocycles. The number of hydrogen-bond acceptors (Lipinski definition) is 9. The molecule has 1 fully saturated rings. The van der Waals surface area contributed by atoms with Gasteiger partial charge in [-0.25, -0.2) is 0 Å². The van der Waals surface area contributed by atoms with Gasteiger partial charge in [-0.15, -0.1) is 0 Å². The number of rotatable bonds is 5. The second kappa shape index (κ2) is 9.86. The van der Waals surface area contributed by atoms with Crippen LogP contribution in [0.1, 0.15) is 30.0 Å². The number of benzene rings is 2. The predicted molar refractivity (Wildman–Crippen MR) is 147 cm³/mol. The van der Waals surface area contributed by atoms with Gasteiger partial charge in [0.05, 0.1) is 11.6 Å². The van der Waals surface area contributed by atoms with E-state index in [0.29, 0.717) is 17.7 Å². The highest BCUT2D eigenvalue weighted by Crippen LogP contribution is 2.53. The molecule has 0 radical (unpaired) electrons. The van der Waals surface area contributed by atoms with E-state index in [2.05, 4.69) is 5.32 Å². The molecular formula is C30H31N3O8. The lowest BCUT2D eigenvalue weighted by molar-refractivity contribution is -0.153. The quantitative estimate of drug-likeness (QED) is 0.292. The summed E-state index contributed by atoms with van der Waals surface area (Å²) in [5.41, 5.74) is 4.58. The molecule has 2 aromatic rings. The Morgan fingerprint density at radius 3 is 2.32 bits per heavy atom. The molecule has 0 unspecified atom stereocenters. The van der Waals surface area contributed by atoms with E-state index in [1.54, 1.807) is 20.2 Å². The van der Waals surface area contributed by atoms with Crippen molar-refractivity contribution in [3.05, 3.63) is 70.0 Å². The first kappa shape index (κ1) is 28.1. The number of nitrogens with one attached hydrogen (secondary N) is 1. The van der Waals surface area contributed by atoms with Crippen LogP contribution in [0.25, 0.3) is 16.9 Å². The Morgan fingerprint density at radius 1 is 1.07 bits per heavy atom. The standard InChI is InChI=1S/C30H31N3O8/c1-13(34)32-12-14-4-6-15(7-5-14)17-8-9-20(35)22-18(17)10-16-11-19-24(33(2)3)26(37)23(29(31)40)28(39)30(19,41)27(38)21(16)25(22)36/h4-9,16,19,24,35-36,39,41H,10-12H2,1-3H3,(H2,31,40)(H,32,34)/t16-,19-,24-,30-/m0/s1. The van der Waals surface area contributed by atoms with Crippen LogP contribution in [0.2, 0.25) is 0 Å². The Kier molecular flexibility index (Phi) is 6.75. The highest BCUT2D eigenvalue weighted by atomic mass is 16.3. The molecule has 3 aliphatic carbocycles. The van der Waals surface area contributed by atoms with Crippen LogP contribution in [0.15, 0.2) is 53.3 Å². The van der Waals surface area contributed by atoms with Crippen molar-refractivity contribution in [2.45, 2.75) is 38.0 Å². The Labute approximate surface area is 235 Å². The molecule has 0 aromatic heterocycles. The number of nitrogens with zero attached hydrogens (tertiary/aromatic N) is 1. The van der Waals surface area contributed by atoms with Crippen molar-refractivity contribution in [1.29, 1.82) is 0 Å². The minimum atomic E-state index is -2.68. The maximum Gasteiger partial charge on any atom is 0.255 e. The first-order valence-electron chi connectivity index (χ1n) is 13.1. The van der Waals surface area contributed by atoms with E-state index in [9.17, 15) is 39.6 Å². The summed E-state index contributed by atoms with van der Waals surface area (Å²) < 4.78 is 0. The topological polar surface area (TPSA) is 190 Å². The number of aliphatic hydroxyl groups is 3. The highest BCUT2D eigenvalue weighted by molar-refractivity contribution is 6.24. The molecule has 2 aromatic carbocycles. The van der Waals surface area contributed by atoms with Gasteiger partial charge in [0.25, 0.3) is 5.91 Å². The highest BCUT2D eigenvalue weighted by Gasteiger charge is 2.64. The van der Waals surface area contributed by atoms with E-state index in [0.717, 1.165) is 11.1 Å². The molecule has 11 nitrogen and oxygen atoms in total. The number of carbonyl (C=O) groups excluding carboxylic acids is 4. The largest absolute Gasteiger partial charge is 0.508 e. The van der Waals surface area contributed by atoms with Gasteiger partial charge in [0, 0.05) is 25.0 Å².